The number of benzene rings is 3. The van der Waals surface area contributed by atoms with Crippen LogP contribution in [-0.4, -0.2) is 75.8 Å². The first-order valence-corrected chi connectivity index (χ1v) is 16.8. The standard InChI is InChI=1S/C38H43N5O6/c1-26-33(24-42-19-21-43(22-20-42)38-39-17-4-18-40-38)48-37(49-36(26)29-9-7-27(25-44)8-10-29)30-13-11-28(12-14-30)32-6-3-2-5-31(32)23-41-34(45)15-16-35(46)47/h2-14,17-18,26,33,36-37,44H,15-16,19-25H2,1H3,(H,41,45)(H,46,47)/t26-,33+,36+,37+/m1/s1. The van der Waals surface area contributed by atoms with Crippen LogP contribution in [0.3, 0.4) is 0 Å². The van der Waals surface area contributed by atoms with Crippen molar-refractivity contribution in [2.45, 2.75) is 51.4 Å². The van der Waals surface area contributed by atoms with Gasteiger partial charge in [0.2, 0.25) is 11.9 Å². The average Bonchev–Trinajstić information content (AvgIpc) is 3.15. The Morgan fingerprint density at radius 2 is 1.55 bits per heavy atom. The number of aliphatic hydroxyl groups excluding tert-OH is 1. The number of nitrogens with one attached hydrogen (secondary N) is 1. The van der Waals surface area contributed by atoms with Gasteiger partial charge in [-0.05, 0) is 33.9 Å². The minimum Gasteiger partial charge on any atom is -0.481 e. The van der Waals surface area contributed by atoms with E-state index in [1.807, 2.05) is 78.9 Å². The van der Waals surface area contributed by atoms with Crippen LogP contribution in [0.5, 0.6) is 0 Å². The Hall–Kier alpha value is -4.68. The van der Waals surface area contributed by atoms with Crippen LogP contribution < -0.4 is 10.2 Å². The van der Waals surface area contributed by atoms with Gasteiger partial charge in [-0.1, -0.05) is 79.7 Å². The zero-order valence-corrected chi connectivity index (χ0v) is 27.6. The SMILES string of the molecule is C[C@@H]1[C@H](CN2CCN(c3ncccn3)CC2)O[C@H](c2ccc(-c3ccccc3CNC(=O)CCC(=O)O)cc2)O[C@@H]1c1ccc(CO)cc1. The van der Waals surface area contributed by atoms with Gasteiger partial charge in [-0.2, -0.15) is 0 Å². The number of carboxylic acids is 1. The third-order valence-electron chi connectivity index (χ3n) is 9.32. The summed E-state index contributed by atoms with van der Waals surface area (Å²) in [5.41, 5.74) is 5.70. The lowest BCUT2D eigenvalue weighted by Gasteiger charge is -2.44. The van der Waals surface area contributed by atoms with Crippen molar-refractivity contribution in [1.82, 2.24) is 20.2 Å². The molecule has 11 heteroatoms. The molecule has 3 N–H and O–H groups in total. The zero-order valence-electron chi connectivity index (χ0n) is 27.6. The molecule has 3 aromatic carbocycles. The maximum atomic E-state index is 12.2. The monoisotopic (exact) mass is 665 g/mol. The number of carbonyl (C=O) groups excluding carboxylic acids is 1. The Kier molecular flexibility index (Phi) is 11.3. The molecule has 256 valence electrons. The lowest BCUT2D eigenvalue weighted by Crippen LogP contribution is -2.51. The molecule has 0 spiro atoms. The molecule has 1 amide bonds. The number of rotatable bonds is 12. The maximum Gasteiger partial charge on any atom is 0.303 e. The number of nitrogens with zero attached hydrogens (tertiary/aromatic N) is 4. The van der Waals surface area contributed by atoms with Gasteiger partial charge in [0.05, 0.1) is 25.2 Å². The minimum atomic E-state index is -0.995. The van der Waals surface area contributed by atoms with E-state index in [1.165, 1.54) is 0 Å². The first-order valence-electron chi connectivity index (χ1n) is 16.8. The summed E-state index contributed by atoms with van der Waals surface area (Å²) in [7, 11) is 0. The van der Waals surface area contributed by atoms with Gasteiger partial charge in [0.1, 0.15) is 0 Å². The van der Waals surface area contributed by atoms with Crippen LogP contribution in [0.25, 0.3) is 11.1 Å². The first-order chi connectivity index (χ1) is 23.9. The second-order valence-electron chi connectivity index (χ2n) is 12.6. The highest BCUT2D eigenvalue weighted by Crippen LogP contribution is 2.42. The van der Waals surface area contributed by atoms with Gasteiger partial charge in [-0.3, -0.25) is 14.5 Å². The van der Waals surface area contributed by atoms with Gasteiger partial charge in [0.15, 0.2) is 6.29 Å². The molecule has 1 aromatic heterocycles. The van der Waals surface area contributed by atoms with Gasteiger partial charge >= 0.3 is 5.97 Å². The summed E-state index contributed by atoms with van der Waals surface area (Å²) in [5.74, 6) is -0.458. The van der Waals surface area contributed by atoms with Crippen LogP contribution in [0, 0.1) is 5.92 Å². The van der Waals surface area contributed by atoms with Crippen molar-refractivity contribution in [1.29, 1.82) is 0 Å². The van der Waals surface area contributed by atoms with Gasteiger partial charge in [-0.15, -0.1) is 0 Å². The van der Waals surface area contributed by atoms with Crippen LogP contribution in [0.4, 0.5) is 5.95 Å². The zero-order chi connectivity index (χ0) is 34.2. The Labute approximate surface area is 286 Å². The van der Waals surface area contributed by atoms with E-state index < -0.39 is 12.3 Å². The lowest BCUT2D eigenvalue weighted by molar-refractivity contribution is -0.276. The van der Waals surface area contributed by atoms with E-state index in [2.05, 4.69) is 32.0 Å². The minimum absolute atomic E-state index is 0.0116. The molecule has 2 saturated heterocycles. The lowest BCUT2D eigenvalue weighted by atomic mass is 9.89. The van der Waals surface area contributed by atoms with Crippen molar-refractivity contribution in [2.24, 2.45) is 5.92 Å². The highest BCUT2D eigenvalue weighted by molar-refractivity contribution is 5.80. The number of hydrogen-bond acceptors (Lipinski definition) is 9. The second kappa shape index (κ2) is 16.1. The smallest absolute Gasteiger partial charge is 0.303 e. The Bertz CT molecular complexity index is 1680. The number of ether oxygens (including phenoxy) is 2. The van der Waals surface area contributed by atoms with Gasteiger partial charge in [-0.25, -0.2) is 9.97 Å². The number of carbonyl (C=O) groups is 2. The summed E-state index contributed by atoms with van der Waals surface area (Å²) in [6.45, 7) is 6.66. The molecule has 3 heterocycles. The van der Waals surface area contributed by atoms with Crippen LogP contribution in [0.2, 0.25) is 0 Å². The summed E-state index contributed by atoms with van der Waals surface area (Å²) in [4.78, 5) is 36.5. The third-order valence-corrected chi connectivity index (χ3v) is 9.32. The molecule has 4 aromatic rings. The van der Waals surface area contributed by atoms with Crippen molar-refractivity contribution in [3.05, 3.63) is 114 Å². The number of aromatic nitrogens is 2. The number of piperazine rings is 1. The quantitative estimate of drug-likeness (QED) is 0.195. The highest BCUT2D eigenvalue weighted by atomic mass is 16.7. The normalized spacial score (nSPS) is 21.3. The summed E-state index contributed by atoms with van der Waals surface area (Å²) in [6.07, 6.45) is 2.41. The van der Waals surface area contributed by atoms with Gasteiger partial charge in [0.25, 0.3) is 0 Å². The van der Waals surface area contributed by atoms with Gasteiger partial charge in [0, 0.05) is 69.6 Å². The summed E-state index contributed by atoms with van der Waals surface area (Å²) in [6, 6.07) is 25.8. The molecule has 2 aliphatic rings. The van der Waals surface area contributed by atoms with E-state index in [-0.39, 0.29) is 43.5 Å². The number of hydrogen-bond donors (Lipinski definition) is 3. The highest BCUT2D eigenvalue weighted by Gasteiger charge is 2.39. The Morgan fingerprint density at radius 1 is 0.857 bits per heavy atom. The fourth-order valence-electron chi connectivity index (χ4n) is 6.45. The second-order valence-corrected chi connectivity index (χ2v) is 12.6. The molecule has 0 bridgehead atoms. The van der Waals surface area contributed by atoms with Crippen LogP contribution >= 0.6 is 0 Å². The molecular formula is C38H43N5O6. The molecule has 4 atom stereocenters. The third kappa shape index (κ3) is 8.68. The van der Waals surface area contributed by atoms with E-state index in [9.17, 15) is 14.7 Å². The summed E-state index contributed by atoms with van der Waals surface area (Å²) in [5, 5.41) is 21.3. The van der Waals surface area contributed by atoms with E-state index >= 15 is 0 Å². The fraction of sp³-hybridized carbons (Fsp3) is 0.368. The molecule has 0 unspecified atom stereocenters. The van der Waals surface area contributed by atoms with Crippen LogP contribution in [0.1, 0.15) is 54.4 Å². The molecule has 49 heavy (non-hydrogen) atoms. The molecular weight excluding hydrogens is 622 g/mol. The van der Waals surface area contributed by atoms with Crippen molar-refractivity contribution >= 4 is 17.8 Å². The van der Waals surface area contributed by atoms with E-state index in [4.69, 9.17) is 14.6 Å². The maximum absolute atomic E-state index is 12.2. The van der Waals surface area contributed by atoms with E-state index in [0.29, 0.717) is 6.54 Å². The predicted octanol–water partition coefficient (Wildman–Crippen LogP) is 4.73. The van der Waals surface area contributed by atoms with Crippen LogP contribution in [0.15, 0.2) is 91.3 Å². The van der Waals surface area contributed by atoms with Crippen molar-refractivity contribution in [3.63, 3.8) is 0 Å². The first kappa shape index (κ1) is 34.2. The molecule has 6 rings (SSSR count). The summed E-state index contributed by atoms with van der Waals surface area (Å²) >= 11 is 0. The number of carboxylic acid groups (broad SMARTS) is 1. The van der Waals surface area contributed by atoms with E-state index in [0.717, 1.165) is 72.1 Å². The largest absolute Gasteiger partial charge is 0.481 e. The number of amides is 1. The Balaban J connectivity index is 1.17. The topological polar surface area (TPSA) is 137 Å². The predicted molar refractivity (Wildman–Crippen MR) is 184 cm³/mol. The van der Waals surface area contributed by atoms with Crippen molar-refractivity contribution < 1.29 is 29.3 Å². The molecule has 0 radical (unpaired) electrons. The number of anilines is 1. The molecule has 2 fully saturated rings. The van der Waals surface area contributed by atoms with Crippen LogP contribution in [-0.2, 0) is 32.2 Å². The molecule has 2 aliphatic heterocycles. The number of aliphatic hydroxyl groups is 1. The number of aliphatic carboxylic acids is 1. The van der Waals surface area contributed by atoms with Crippen molar-refractivity contribution in [3.8, 4) is 11.1 Å². The summed E-state index contributed by atoms with van der Waals surface area (Å²) < 4.78 is 13.4. The Morgan fingerprint density at radius 3 is 2.24 bits per heavy atom. The van der Waals surface area contributed by atoms with Gasteiger partial charge < -0.3 is 29.9 Å². The average molecular weight is 666 g/mol. The fourth-order valence-corrected chi connectivity index (χ4v) is 6.45. The van der Waals surface area contributed by atoms with E-state index in [1.54, 1.807) is 12.4 Å². The van der Waals surface area contributed by atoms with Crippen molar-refractivity contribution in [2.75, 3.05) is 37.6 Å². The molecule has 0 saturated carbocycles. The molecule has 11 nitrogen and oxygen atoms in total. The molecule has 0 aliphatic carbocycles.